The minimum atomic E-state index is -0.0907. The van der Waals surface area contributed by atoms with Crippen LogP contribution in [0.25, 0.3) is 0 Å². The number of piperidine rings is 1. The van der Waals surface area contributed by atoms with Gasteiger partial charge in [0.05, 0.1) is 0 Å². The summed E-state index contributed by atoms with van der Waals surface area (Å²) in [6.45, 7) is 5.71. The third kappa shape index (κ3) is 4.71. The maximum atomic E-state index is 12.3. The second-order valence-electron chi connectivity index (χ2n) is 6.45. The second kappa shape index (κ2) is 7.99. The van der Waals surface area contributed by atoms with Crippen molar-refractivity contribution in [1.82, 2.24) is 15.5 Å². The summed E-state index contributed by atoms with van der Waals surface area (Å²) in [6.07, 6.45) is 2.98. The molecule has 5 heteroatoms. The Bertz CT molecular complexity index is 559. The van der Waals surface area contributed by atoms with E-state index in [1.54, 1.807) is 13.1 Å². The van der Waals surface area contributed by atoms with E-state index >= 15 is 0 Å². The zero-order chi connectivity index (χ0) is 16.8. The smallest absolute Gasteiger partial charge is 0.317 e. The standard InChI is InChI=1S/C18H27N3O2/c1-13-7-8-14(2)21(12-13)18(23)20-10-9-15-5-4-6-16(11-15)17(22)19-3/h4-6,11,13-14H,7-10,12H2,1-3H3,(H,19,22)(H,20,23)/t13-,14+/m0/s1. The quantitative estimate of drug-likeness (QED) is 0.896. The molecule has 5 nitrogen and oxygen atoms in total. The van der Waals surface area contributed by atoms with Gasteiger partial charge < -0.3 is 15.5 Å². The summed E-state index contributed by atoms with van der Waals surface area (Å²) in [4.78, 5) is 25.9. The van der Waals surface area contributed by atoms with E-state index in [0.717, 1.165) is 18.5 Å². The number of benzene rings is 1. The number of carbonyl (C=O) groups excluding carboxylic acids is 2. The minimum Gasteiger partial charge on any atom is -0.355 e. The van der Waals surface area contributed by atoms with E-state index in [1.807, 2.05) is 23.1 Å². The summed E-state index contributed by atoms with van der Waals surface area (Å²) >= 11 is 0. The molecule has 0 aromatic heterocycles. The summed E-state index contributed by atoms with van der Waals surface area (Å²) in [5.41, 5.74) is 1.70. The van der Waals surface area contributed by atoms with Crippen LogP contribution in [0.3, 0.4) is 0 Å². The molecule has 2 rings (SSSR count). The number of urea groups is 1. The Hall–Kier alpha value is -2.04. The Labute approximate surface area is 138 Å². The Balaban J connectivity index is 1.84. The molecule has 1 heterocycles. The highest BCUT2D eigenvalue weighted by atomic mass is 16.2. The van der Waals surface area contributed by atoms with Crippen molar-refractivity contribution in [3.63, 3.8) is 0 Å². The molecular formula is C18H27N3O2. The molecule has 0 saturated carbocycles. The van der Waals surface area contributed by atoms with Crippen LogP contribution in [0.5, 0.6) is 0 Å². The normalized spacial score (nSPS) is 20.9. The fraction of sp³-hybridized carbons (Fsp3) is 0.556. The number of carbonyl (C=O) groups is 2. The van der Waals surface area contributed by atoms with Crippen molar-refractivity contribution in [2.24, 2.45) is 5.92 Å². The van der Waals surface area contributed by atoms with Gasteiger partial charge in [-0.2, -0.15) is 0 Å². The molecule has 1 aromatic carbocycles. The zero-order valence-electron chi connectivity index (χ0n) is 14.3. The fourth-order valence-corrected chi connectivity index (χ4v) is 3.00. The topological polar surface area (TPSA) is 61.4 Å². The van der Waals surface area contributed by atoms with Gasteiger partial charge in [0.15, 0.2) is 0 Å². The van der Waals surface area contributed by atoms with Gasteiger partial charge in [0.2, 0.25) is 0 Å². The van der Waals surface area contributed by atoms with Gasteiger partial charge in [-0.25, -0.2) is 4.79 Å². The number of likely N-dealkylation sites (tertiary alicyclic amines) is 1. The molecule has 0 unspecified atom stereocenters. The first-order chi connectivity index (χ1) is 11.0. The van der Waals surface area contributed by atoms with Crippen LogP contribution in [0.4, 0.5) is 4.79 Å². The van der Waals surface area contributed by atoms with Crippen LogP contribution in [-0.2, 0) is 6.42 Å². The summed E-state index contributed by atoms with van der Waals surface area (Å²) in [5, 5.41) is 5.62. The van der Waals surface area contributed by atoms with Gasteiger partial charge in [0.1, 0.15) is 0 Å². The minimum absolute atomic E-state index is 0.0199. The molecule has 0 spiro atoms. The second-order valence-corrected chi connectivity index (χ2v) is 6.45. The fourth-order valence-electron chi connectivity index (χ4n) is 3.00. The summed E-state index contributed by atoms with van der Waals surface area (Å²) in [6, 6.07) is 7.84. The van der Waals surface area contributed by atoms with E-state index in [0.29, 0.717) is 30.5 Å². The summed E-state index contributed by atoms with van der Waals surface area (Å²) < 4.78 is 0. The van der Waals surface area contributed by atoms with Crippen LogP contribution in [0.15, 0.2) is 24.3 Å². The largest absolute Gasteiger partial charge is 0.355 e. The number of nitrogens with one attached hydrogen (secondary N) is 2. The highest BCUT2D eigenvalue weighted by Crippen LogP contribution is 2.21. The number of hydrogen-bond donors (Lipinski definition) is 2. The van der Waals surface area contributed by atoms with E-state index in [4.69, 9.17) is 0 Å². The van der Waals surface area contributed by atoms with Crippen LogP contribution < -0.4 is 10.6 Å². The van der Waals surface area contributed by atoms with Crippen LogP contribution in [-0.4, -0.2) is 43.0 Å². The van der Waals surface area contributed by atoms with Crippen molar-refractivity contribution in [2.45, 2.75) is 39.2 Å². The lowest BCUT2D eigenvalue weighted by Gasteiger charge is -2.36. The first-order valence-corrected chi connectivity index (χ1v) is 8.36. The Morgan fingerprint density at radius 1 is 1.26 bits per heavy atom. The Morgan fingerprint density at radius 3 is 2.78 bits per heavy atom. The van der Waals surface area contributed by atoms with Crippen molar-refractivity contribution in [1.29, 1.82) is 0 Å². The third-order valence-electron chi connectivity index (χ3n) is 4.48. The molecule has 1 aliphatic heterocycles. The van der Waals surface area contributed by atoms with Crippen LogP contribution in [0, 0.1) is 5.92 Å². The van der Waals surface area contributed by atoms with Crippen molar-refractivity contribution < 1.29 is 9.59 Å². The van der Waals surface area contributed by atoms with Crippen LogP contribution in [0.1, 0.15) is 42.6 Å². The maximum Gasteiger partial charge on any atom is 0.317 e. The van der Waals surface area contributed by atoms with Gasteiger partial charge >= 0.3 is 6.03 Å². The molecule has 0 radical (unpaired) electrons. The predicted octanol–water partition coefficient (Wildman–Crippen LogP) is 2.42. The third-order valence-corrected chi connectivity index (χ3v) is 4.48. The Kier molecular flexibility index (Phi) is 6.02. The molecule has 2 N–H and O–H groups in total. The summed E-state index contributed by atoms with van der Waals surface area (Å²) in [5.74, 6) is 0.480. The molecule has 1 saturated heterocycles. The Morgan fingerprint density at radius 2 is 2.04 bits per heavy atom. The van der Waals surface area contributed by atoms with E-state index < -0.39 is 0 Å². The van der Waals surface area contributed by atoms with Crippen molar-refractivity contribution in [3.05, 3.63) is 35.4 Å². The van der Waals surface area contributed by atoms with Gasteiger partial charge in [0, 0.05) is 31.7 Å². The van der Waals surface area contributed by atoms with Gasteiger partial charge in [-0.1, -0.05) is 19.1 Å². The van der Waals surface area contributed by atoms with Crippen molar-refractivity contribution in [3.8, 4) is 0 Å². The SMILES string of the molecule is CNC(=O)c1cccc(CCNC(=O)N2C[C@@H](C)CC[C@H]2C)c1. The lowest BCUT2D eigenvalue weighted by Crippen LogP contribution is -2.49. The van der Waals surface area contributed by atoms with Crippen molar-refractivity contribution >= 4 is 11.9 Å². The molecule has 1 fully saturated rings. The van der Waals surface area contributed by atoms with E-state index in [-0.39, 0.29) is 11.9 Å². The number of rotatable bonds is 4. The number of amides is 3. The molecule has 1 aliphatic rings. The molecule has 3 amide bonds. The molecule has 2 atom stereocenters. The zero-order valence-corrected chi connectivity index (χ0v) is 14.3. The molecular weight excluding hydrogens is 290 g/mol. The van der Waals surface area contributed by atoms with E-state index in [9.17, 15) is 9.59 Å². The lowest BCUT2D eigenvalue weighted by molar-refractivity contribution is 0.0963. The van der Waals surface area contributed by atoms with Gasteiger partial charge in [-0.3, -0.25) is 4.79 Å². The predicted molar refractivity (Wildman–Crippen MR) is 91.5 cm³/mol. The lowest BCUT2D eigenvalue weighted by atomic mass is 9.95. The molecule has 23 heavy (non-hydrogen) atoms. The average molecular weight is 317 g/mol. The first-order valence-electron chi connectivity index (χ1n) is 8.36. The summed E-state index contributed by atoms with van der Waals surface area (Å²) in [7, 11) is 1.62. The maximum absolute atomic E-state index is 12.3. The first kappa shape index (κ1) is 17.3. The monoisotopic (exact) mass is 317 g/mol. The number of hydrogen-bond acceptors (Lipinski definition) is 2. The molecule has 0 bridgehead atoms. The van der Waals surface area contributed by atoms with E-state index in [1.165, 1.54) is 6.42 Å². The highest BCUT2D eigenvalue weighted by Gasteiger charge is 2.26. The van der Waals surface area contributed by atoms with Crippen molar-refractivity contribution in [2.75, 3.05) is 20.1 Å². The molecule has 0 aliphatic carbocycles. The number of nitrogens with zero attached hydrogens (tertiary/aromatic N) is 1. The van der Waals surface area contributed by atoms with Gasteiger partial charge in [0.25, 0.3) is 5.91 Å². The van der Waals surface area contributed by atoms with Crippen LogP contribution >= 0.6 is 0 Å². The molecule has 126 valence electrons. The highest BCUT2D eigenvalue weighted by molar-refractivity contribution is 5.94. The van der Waals surface area contributed by atoms with Crippen LogP contribution in [0.2, 0.25) is 0 Å². The average Bonchev–Trinajstić information content (AvgIpc) is 2.56. The van der Waals surface area contributed by atoms with E-state index in [2.05, 4.69) is 24.5 Å². The van der Waals surface area contributed by atoms with Gasteiger partial charge in [-0.05, 0) is 49.8 Å². The molecule has 1 aromatic rings. The van der Waals surface area contributed by atoms with Gasteiger partial charge in [-0.15, -0.1) is 0 Å².